The van der Waals surface area contributed by atoms with Crippen molar-refractivity contribution in [2.24, 2.45) is 5.92 Å². The second-order valence-corrected chi connectivity index (χ2v) is 6.71. The molecule has 3 aliphatic rings. The van der Waals surface area contributed by atoms with E-state index in [2.05, 4.69) is 0 Å². The zero-order valence-electron chi connectivity index (χ0n) is 11.9. The molecule has 0 spiro atoms. The van der Waals surface area contributed by atoms with Crippen molar-refractivity contribution in [2.75, 3.05) is 19.7 Å². The van der Waals surface area contributed by atoms with Gasteiger partial charge >= 0.3 is 0 Å². The van der Waals surface area contributed by atoms with E-state index in [1.54, 1.807) is 0 Å². The van der Waals surface area contributed by atoms with E-state index in [0.717, 1.165) is 58.0 Å². The Morgan fingerprint density at radius 3 is 2.42 bits per heavy atom. The zero-order chi connectivity index (χ0) is 13.5. The highest BCUT2D eigenvalue weighted by molar-refractivity contribution is 5.85. The van der Waals surface area contributed by atoms with Gasteiger partial charge in [0.05, 0.1) is 5.60 Å². The second kappa shape index (κ2) is 4.74. The number of carbonyl (C=O) groups is 1. The Labute approximate surface area is 115 Å². The van der Waals surface area contributed by atoms with E-state index in [9.17, 15) is 9.90 Å². The maximum absolute atomic E-state index is 12.6. The molecule has 3 rings (SSSR count). The van der Waals surface area contributed by atoms with Crippen LogP contribution in [0.25, 0.3) is 0 Å². The summed E-state index contributed by atoms with van der Waals surface area (Å²) in [6.07, 6.45) is 6.78. The predicted octanol–water partition coefficient (Wildman–Crippen LogP) is 1.71. The van der Waals surface area contributed by atoms with Gasteiger partial charge in [-0.1, -0.05) is 0 Å². The maximum Gasteiger partial charge on any atom is 0.254 e. The number of ether oxygens (including phenoxy) is 1. The first kappa shape index (κ1) is 13.4. The third kappa shape index (κ3) is 2.52. The van der Waals surface area contributed by atoms with Crippen molar-refractivity contribution in [3.8, 4) is 0 Å². The molecule has 0 aromatic carbocycles. The number of likely N-dealkylation sites (tertiary alicyclic amines) is 1. The second-order valence-electron chi connectivity index (χ2n) is 6.71. The number of hydrogen-bond acceptors (Lipinski definition) is 3. The van der Waals surface area contributed by atoms with E-state index in [0.29, 0.717) is 12.5 Å². The molecule has 2 saturated heterocycles. The van der Waals surface area contributed by atoms with Crippen LogP contribution in [0.3, 0.4) is 0 Å². The summed E-state index contributed by atoms with van der Waals surface area (Å²) < 4.78 is 5.75. The topological polar surface area (TPSA) is 49.8 Å². The van der Waals surface area contributed by atoms with E-state index < -0.39 is 5.60 Å². The average molecular weight is 267 g/mol. The van der Waals surface area contributed by atoms with Crippen molar-refractivity contribution >= 4 is 5.91 Å². The molecule has 108 valence electrons. The molecule has 1 unspecified atom stereocenters. The smallest absolute Gasteiger partial charge is 0.254 e. The minimum Gasteiger partial charge on any atom is -0.390 e. The summed E-state index contributed by atoms with van der Waals surface area (Å²) in [5.74, 6) is 0.560. The summed E-state index contributed by atoms with van der Waals surface area (Å²) in [5.41, 5.74) is -0.984. The molecule has 0 bridgehead atoms. The Balaban J connectivity index is 1.57. The fraction of sp³-hybridized carbons (Fsp3) is 0.933. The summed E-state index contributed by atoms with van der Waals surface area (Å²) in [6, 6.07) is 0. The number of rotatable bonds is 2. The molecule has 4 heteroatoms. The van der Waals surface area contributed by atoms with Crippen molar-refractivity contribution < 1.29 is 14.6 Å². The molecular weight excluding hydrogens is 242 g/mol. The molecule has 0 aromatic heterocycles. The Kier molecular flexibility index (Phi) is 3.34. The number of aliphatic hydroxyl groups is 1. The Bertz CT molecular complexity index is 350. The van der Waals surface area contributed by atoms with Gasteiger partial charge in [0.25, 0.3) is 5.91 Å². The van der Waals surface area contributed by atoms with E-state index >= 15 is 0 Å². The van der Waals surface area contributed by atoms with E-state index in [1.807, 2.05) is 11.8 Å². The van der Waals surface area contributed by atoms with Gasteiger partial charge in [-0.3, -0.25) is 4.79 Å². The van der Waals surface area contributed by atoms with E-state index in [4.69, 9.17) is 4.74 Å². The lowest BCUT2D eigenvalue weighted by atomic mass is 9.87. The van der Waals surface area contributed by atoms with Gasteiger partial charge in [-0.15, -0.1) is 0 Å². The van der Waals surface area contributed by atoms with Gasteiger partial charge in [0.2, 0.25) is 0 Å². The first-order valence-corrected chi connectivity index (χ1v) is 7.69. The lowest BCUT2D eigenvalue weighted by molar-refractivity contribution is -0.164. The van der Waals surface area contributed by atoms with E-state index in [-0.39, 0.29) is 11.5 Å². The largest absolute Gasteiger partial charge is 0.390 e. The van der Waals surface area contributed by atoms with Crippen molar-refractivity contribution in [1.82, 2.24) is 4.90 Å². The molecule has 2 aliphatic heterocycles. The third-order valence-electron chi connectivity index (χ3n) is 5.23. The van der Waals surface area contributed by atoms with Crippen molar-refractivity contribution in [3.63, 3.8) is 0 Å². The Hall–Kier alpha value is -0.610. The number of amides is 1. The molecule has 1 atom stereocenters. The highest BCUT2D eigenvalue weighted by Crippen LogP contribution is 2.46. The molecule has 1 saturated carbocycles. The maximum atomic E-state index is 12.6. The van der Waals surface area contributed by atoms with Crippen LogP contribution in [0.1, 0.15) is 51.9 Å². The van der Waals surface area contributed by atoms with Gasteiger partial charge in [0.1, 0.15) is 5.60 Å². The summed E-state index contributed by atoms with van der Waals surface area (Å²) >= 11 is 0. The summed E-state index contributed by atoms with van der Waals surface area (Å²) in [7, 11) is 0. The van der Waals surface area contributed by atoms with Crippen LogP contribution in [-0.4, -0.2) is 46.8 Å². The lowest BCUT2D eigenvalue weighted by Crippen LogP contribution is -2.53. The minimum atomic E-state index is -0.596. The predicted molar refractivity (Wildman–Crippen MR) is 71.7 cm³/mol. The van der Waals surface area contributed by atoms with E-state index in [1.165, 1.54) is 0 Å². The summed E-state index contributed by atoms with van der Waals surface area (Å²) in [6.45, 7) is 4.21. The first-order valence-electron chi connectivity index (χ1n) is 7.69. The van der Waals surface area contributed by atoms with Crippen LogP contribution < -0.4 is 0 Å². The third-order valence-corrected chi connectivity index (χ3v) is 5.23. The van der Waals surface area contributed by atoms with Crippen LogP contribution in [0, 0.1) is 5.92 Å². The molecule has 0 radical (unpaired) electrons. The van der Waals surface area contributed by atoms with Gasteiger partial charge in [-0.2, -0.15) is 0 Å². The Morgan fingerprint density at radius 2 is 1.89 bits per heavy atom. The van der Waals surface area contributed by atoms with Gasteiger partial charge < -0.3 is 14.7 Å². The molecule has 1 aliphatic carbocycles. The fourth-order valence-corrected chi connectivity index (χ4v) is 3.59. The zero-order valence-corrected chi connectivity index (χ0v) is 11.9. The molecule has 3 fully saturated rings. The van der Waals surface area contributed by atoms with Crippen LogP contribution in [0.5, 0.6) is 0 Å². The number of piperidine rings is 1. The number of hydrogen-bond donors (Lipinski definition) is 1. The van der Waals surface area contributed by atoms with Gasteiger partial charge in [-0.05, 0) is 57.8 Å². The van der Waals surface area contributed by atoms with Gasteiger partial charge in [-0.25, -0.2) is 0 Å². The number of carbonyl (C=O) groups excluding carboxylic acids is 1. The molecule has 0 aromatic rings. The van der Waals surface area contributed by atoms with Crippen LogP contribution in [-0.2, 0) is 9.53 Å². The molecule has 1 amide bonds. The highest BCUT2D eigenvalue weighted by Gasteiger charge is 2.49. The molecule has 19 heavy (non-hydrogen) atoms. The molecule has 1 N–H and O–H groups in total. The van der Waals surface area contributed by atoms with Crippen molar-refractivity contribution in [1.29, 1.82) is 0 Å². The van der Waals surface area contributed by atoms with Crippen molar-refractivity contribution in [2.45, 2.75) is 63.1 Å². The van der Waals surface area contributed by atoms with Gasteiger partial charge in [0.15, 0.2) is 0 Å². The monoisotopic (exact) mass is 267 g/mol. The first-order chi connectivity index (χ1) is 9.04. The van der Waals surface area contributed by atoms with Crippen molar-refractivity contribution in [3.05, 3.63) is 0 Å². The van der Waals surface area contributed by atoms with Crippen LogP contribution in [0.15, 0.2) is 0 Å². The van der Waals surface area contributed by atoms with Crippen LogP contribution in [0.2, 0.25) is 0 Å². The fourth-order valence-electron chi connectivity index (χ4n) is 3.59. The van der Waals surface area contributed by atoms with Gasteiger partial charge in [0, 0.05) is 19.7 Å². The standard InChI is InChI=1S/C15H25NO3/c1-14(6-2-3-11-19-14)13(17)16-9-4-12(5-10-16)15(18)7-8-15/h12,18H,2-11H2,1H3. The normalized spacial score (nSPS) is 35.2. The van der Waals surface area contributed by atoms with Crippen LogP contribution in [0.4, 0.5) is 0 Å². The minimum absolute atomic E-state index is 0.161. The SMILES string of the molecule is CC1(C(=O)N2CCC(C3(O)CC3)CC2)CCCCO1. The highest BCUT2D eigenvalue weighted by atomic mass is 16.5. The Morgan fingerprint density at radius 1 is 1.21 bits per heavy atom. The average Bonchev–Trinajstić information content (AvgIpc) is 3.18. The quantitative estimate of drug-likeness (QED) is 0.828. The molecule has 2 heterocycles. The number of nitrogens with zero attached hydrogens (tertiary/aromatic N) is 1. The molecular formula is C15H25NO3. The van der Waals surface area contributed by atoms with Crippen LogP contribution >= 0.6 is 0 Å². The molecule has 4 nitrogen and oxygen atoms in total. The summed E-state index contributed by atoms with van der Waals surface area (Å²) in [4.78, 5) is 14.5. The lowest BCUT2D eigenvalue weighted by Gasteiger charge is -2.40. The summed E-state index contributed by atoms with van der Waals surface area (Å²) in [5, 5.41) is 10.1.